The first-order valence-corrected chi connectivity index (χ1v) is 10.9. The van der Waals surface area contributed by atoms with Crippen LogP contribution < -0.4 is 15.0 Å². The zero-order valence-corrected chi connectivity index (χ0v) is 18.7. The Morgan fingerprint density at radius 2 is 1.88 bits per heavy atom. The Hall–Kier alpha value is -3.56. The normalized spacial score (nSPS) is 19.2. The Kier molecular flexibility index (Phi) is 5.03. The number of anilines is 1. The number of nitrogens with one attached hydrogen (secondary N) is 1. The van der Waals surface area contributed by atoms with Crippen LogP contribution in [0.5, 0.6) is 5.75 Å². The van der Waals surface area contributed by atoms with Crippen LogP contribution in [0.25, 0.3) is 0 Å². The molecule has 33 heavy (non-hydrogen) atoms. The van der Waals surface area contributed by atoms with Gasteiger partial charge in [0.1, 0.15) is 36.2 Å². The van der Waals surface area contributed by atoms with E-state index in [0.717, 1.165) is 18.4 Å². The largest absolute Gasteiger partial charge is 0.487 e. The zero-order valence-electron chi connectivity index (χ0n) is 18.7. The standard InChI is InChI=1S/C21H22B3N5O4/c22-21(23,24)29-15-14(7-4-10-25-15)32-11-13(18(29)31)26-16(30)17-27-28-19(33-17)20(8-9-20)12-5-2-1-3-6-12/h1-7,10,13H,8-9,11,22-24H2,(H,26,30)/t13-/m0/s1. The van der Waals surface area contributed by atoms with Gasteiger partial charge in [-0.3, -0.25) is 9.59 Å². The van der Waals surface area contributed by atoms with Crippen LogP contribution in [0.15, 0.2) is 53.1 Å². The molecule has 164 valence electrons. The van der Waals surface area contributed by atoms with Gasteiger partial charge in [-0.2, -0.15) is 0 Å². The number of hydrogen-bond donors (Lipinski definition) is 1. The van der Waals surface area contributed by atoms with E-state index in [1.54, 1.807) is 23.2 Å². The van der Waals surface area contributed by atoms with Gasteiger partial charge in [-0.25, -0.2) is 4.98 Å². The van der Waals surface area contributed by atoms with Crippen molar-refractivity contribution in [2.75, 3.05) is 11.5 Å². The number of ether oxygens (including phenoxy) is 1. The van der Waals surface area contributed by atoms with E-state index in [1.165, 1.54) is 0 Å². The lowest BCUT2D eigenvalue weighted by molar-refractivity contribution is -0.120. The Morgan fingerprint density at radius 1 is 1.12 bits per heavy atom. The van der Waals surface area contributed by atoms with E-state index in [0.29, 0.717) is 17.5 Å². The maximum absolute atomic E-state index is 13.4. The summed E-state index contributed by atoms with van der Waals surface area (Å²) >= 11 is 0. The third-order valence-corrected chi connectivity index (χ3v) is 5.97. The van der Waals surface area contributed by atoms with Gasteiger partial charge in [-0.1, -0.05) is 30.3 Å². The molecule has 3 aromatic rings. The smallest absolute Gasteiger partial charge is 0.309 e. The molecule has 1 saturated carbocycles. The number of pyridine rings is 1. The molecule has 1 atom stereocenters. The summed E-state index contributed by atoms with van der Waals surface area (Å²) in [5, 5.41) is 10.2. The van der Waals surface area contributed by atoms with Gasteiger partial charge in [0.15, 0.2) is 11.6 Å². The number of aromatic nitrogens is 3. The molecule has 0 radical (unpaired) electrons. The van der Waals surface area contributed by atoms with Crippen molar-refractivity contribution in [3.05, 3.63) is 66.0 Å². The van der Waals surface area contributed by atoms with Gasteiger partial charge >= 0.3 is 11.8 Å². The van der Waals surface area contributed by atoms with Crippen molar-refractivity contribution in [3.63, 3.8) is 0 Å². The van der Waals surface area contributed by atoms with Gasteiger partial charge in [0, 0.05) is 6.20 Å². The second-order valence-corrected chi connectivity index (χ2v) is 9.37. The molecule has 1 N–H and O–H groups in total. The fourth-order valence-electron chi connectivity index (χ4n) is 4.16. The molecule has 0 spiro atoms. The van der Waals surface area contributed by atoms with Crippen molar-refractivity contribution in [2.45, 2.75) is 29.5 Å². The van der Waals surface area contributed by atoms with E-state index >= 15 is 0 Å². The van der Waals surface area contributed by atoms with Crippen LogP contribution >= 0.6 is 0 Å². The predicted octanol–water partition coefficient (Wildman–Crippen LogP) is -1.42. The average Bonchev–Trinajstić information content (AvgIpc) is 3.48. The molecule has 9 nitrogen and oxygen atoms in total. The number of carbonyl (C=O) groups excluding carboxylic acids is 2. The molecule has 3 heterocycles. The first kappa shape index (κ1) is 21.3. The van der Waals surface area contributed by atoms with E-state index in [9.17, 15) is 9.59 Å². The lowest BCUT2D eigenvalue weighted by Crippen LogP contribution is -2.60. The highest BCUT2D eigenvalue weighted by Crippen LogP contribution is 2.52. The van der Waals surface area contributed by atoms with E-state index < -0.39 is 17.2 Å². The molecule has 1 fully saturated rings. The van der Waals surface area contributed by atoms with E-state index in [1.807, 2.05) is 53.9 Å². The number of nitrogens with zero attached hydrogens (tertiary/aromatic N) is 4. The van der Waals surface area contributed by atoms with E-state index in [4.69, 9.17) is 9.15 Å². The van der Waals surface area contributed by atoms with E-state index in [2.05, 4.69) is 20.5 Å². The lowest BCUT2D eigenvalue weighted by atomic mass is 9.48. The lowest BCUT2D eigenvalue weighted by Gasteiger charge is -2.36. The Morgan fingerprint density at radius 3 is 2.58 bits per heavy atom. The molecule has 0 bridgehead atoms. The fourth-order valence-corrected chi connectivity index (χ4v) is 4.16. The summed E-state index contributed by atoms with van der Waals surface area (Å²) in [6.45, 7) is -0.0369. The molecule has 5 rings (SSSR count). The molecule has 12 heteroatoms. The summed E-state index contributed by atoms with van der Waals surface area (Å²) in [4.78, 5) is 32.2. The van der Waals surface area contributed by atoms with Gasteiger partial charge in [0.05, 0.1) is 5.41 Å². The molecule has 0 saturated heterocycles. The molecular formula is C21H22B3N5O4. The van der Waals surface area contributed by atoms with Crippen molar-refractivity contribution in [3.8, 4) is 5.75 Å². The van der Waals surface area contributed by atoms with Crippen LogP contribution in [0.1, 0.15) is 35.0 Å². The molecule has 2 amide bonds. The number of rotatable bonds is 5. The number of hydrogen-bond acceptors (Lipinski definition) is 7. The molecule has 1 aliphatic heterocycles. The monoisotopic (exact) mass is 441 g/mol. The van der Waals surface area contributed by atoms with Crippen LogP contribution in [0.3, 0.4) is 0 Å². The number of carbonyl (C=O) groups is 2. The third-order valence-electron chi connectivity index (χ3n) is 5.97. The molecule has 1 aromatic carbocycles. The highest BCUT2D eigenvalue weighted by Gasteiger charge is 2.51. The fraction of sp³-hybridized carbons (Fsp3) is 0.286. The number of fused-ring (bicyclic) bond motifs is 1. The minimum Gasteiger partial charge on any atom is -0.487 e. The molecule has 0 unspecified atom stereocenters. The van der Waals surface area contributed by atoms with Gasteiger partial charge in [0.2, 0.25) is 5.89 Å². The van der Waals surface area contributed by atoms with Crippen molar-refractivity contribution < 1.29 is 18.7 Å². The van der Waals surface area contributed by atoms with Crippen molar-refractivity contribution in [2.24, 2.45) is 0 Å². The summed E-state index contributed by atoms with van der Waals surface area (Å²) in [5.41, 5.74) is 0.740. The van der Waals surface area contributed by atoms with Crippen LogP contribution in [-0.4, -0.2) is 68.4 Å². The summed E-state index contributed by atoms with van der Waals surface area (Å²) in [6, 6.07) is 12.5. The third kappa shape index (κ3) is 3.79. The molecule has 2 aromatic heterocycles. The van der Waals surface area contributed by atoms with Gasteiger partial charge in [0.25, 0.3) is 5.91 Å². The summed E-state index contributed by atoms with van der Waals surface area (Å²) < 4.78 is 11.6. The SMILES string of the molecule is BC(B)(B)N1C(=O)[C@@H](NC(=O)c2nnc(C3(c4ccccc4)CC3)o2)COc2cccnc21. The number of benzene rings is 1. The molecule has 1 aliphatic carbocycles. The highest BCUT2D eigenvalue weighted by atomic mass is 16.5. The van der Waals surface area contributed by atoms with Gasteiger partial charge < -0.3 is 19.4 Å². The second kappa shape index (κ2) is 7.79. The quantitative estimate of drug-likeness (QED) is 0.485. The van der Waals surface area contributed by atoms with Crippen molar-refractivity contribution in [1.82, 2.24) is 20.5 Å². The van der Waals surface area contributed by atoms with Gasteiger partial charge in [-0.05, 0) is 35.8 Å². The Balaban J connectivity index is 1.37. The van der Waals surface area contributed by atoms with Crippen LogP contribution in [0.2, 0.25) is 0 Å². The average molecular weight is 441 g/mol. The minimum absolute atomic E-state index is 0.0369. The molecular weight excluding hydrogens is 419 g/mol. The van der Waals surface area contributed by atoms with Crippen LogP contribution in [-0.2, 0) is 10.2 Å². The summed E-state index contributed by atoms with van der Waals surface area (Å²) in [6.07, 6.45) is 3.36. The maximum Gasteiger partial charge on any atom is 0.309 e. The first-order valence-electron chi connectivity index (χ1n) is 10.9. The van der Waals surface area contributed by atoms with Crippen molar-refractivity contribution in [1.29, 1.82) is 0 Å². The van der Waals surface area contributed by atoms with E-state index in [-0.39, 0.29) is 23.8 Å². The predicted molar refractivity (Wildman–Crippen MR) is 128 cm³/mol. The number of amides is 2. The topological polar surface area (TPSA) is 110 Å². The van der Waals surface area contributed by atoms with Crippen LogP contribution in [0, 0.1) is 0 Å². The first-order chi connectivity index (χ1) is 15.8. The molecule has 2 aliphatic rings. The van der Waals surface area contributed by atoms with Crippen molar-refractivity contribution >= 4 is 41.2 Å². The van der Waals surface area contributed by atoms with Crippen LogP contribution in [0.4, 0.5) is 5.82 Å². The Bertz CT molecular complexity index is 1210. The summed E-state index contributed by atoms with van der Waals surface area (Å²) in [5.74, 6) is 0.197. The summed E-state index contributed by atoms with van der Waals surface area (Å²) in [7, 11) is 5.70. The van der Waals surface area contributed by atoms with Gasteiger partial charge in [-0.15, -0.1) is 10.2 Å². The second-order valence-electron chi connectivity index (χ2n) is 9.37. The minimum atomic E-state index is -0.940. The maximum atomic E-state index is 13.4. The zero-order chi connectivity index (χ0) is 23.2. The highest BCUT2D eigenvalue weighted by molar-refractivity contribution is 6.62. The Labute approximate surface area is 193 Å².